The van der Waals surface area contributed by atoms with Crippen LogP contribution in [-0.4, -0.2) is 15.7 Å². The highest BCUT2D eigenvalue weighted by Gasteiger charge is 2.03. The fourth-order valence-corrected chi connectivity index (χ4v) is 1.41. The Kier molecular flexibility index (Phi) is 3.67. The van der Waals surface area contributed by atoms with Gasteiger partial charge >= 0.3 is 0 Å². The Morgan fingerprint density at radius 1 is 1.22 bits per heavy atom. The van der Waals surface area contributed by atoms with Crippen LogP contribution in [0, 0.1) is 5.92 Å². The zero-order valence-corrected chi connectivity index (χ0v) is 10.4. The summed E-state index contributed by atoms with van der Waals surface area (Å²) in [7, 11) is 0. The van der Waals surface area contributed by atoms with Crippen molar-refractivity contribution in [1.29, 1.82) is 0 Å². The largest absolute Gasteiger partial charge is 0.272 e. The average Bonchev–Trinajstić information content (AvgIpc) is 2.40. The number of benzene rings is 1. The molecule has 0 aliphatic rings. The zero-order valence-electron chi connectivity index (χ0n) is 10.4. The predicted molar refractivity (Wildman–Crippen MR) is 69.0 cm³/mol. The highest BCUT2D eigenvalue weighted by molar-refractivity contribution is 5.78. The first-order chi connectivity index (χ1) is 8.66. The average molecular weight is 241 g/mol. The summed E-state index contributed by atoms with van der Waals surface area (Å²) >= 11 is 0. The molecule has 0 spiro atoms. The lowest BCUT2D eigenvalue weighted by atomic mass is 10.2. The van der Waals surface area contributed by atoms with E-state index in [0.29, 0.717) is 5.36 Å². The normalized spacial score (nSPS) is 11.8. The summed E-state index contributed by atoms with van der Waals surface area (Å²) in [5.41, 5.74) is 0.972. The van der Waals surface area contributed by atoms with Crippen LogP contribution >= 0.6 is 0 Å². The molecule has 1 aromatic heterocycles. The van der Waals surface area contributed by atoms with E-state index in [9.17, 15) is 4.79 Å². The van der Waals surface area contributed by atoms with Crippen molar-refractivity contribution in [2.24, 2.45) is 10.9 Å². The fourth-order valence-electron chi connectivity index (χ4n) is 1.41. The minimum Gasteiger partial charge on any atom is -0.272 e. The Morgan fingerprint density at radius 2 is 1.94 bits per heavy atom. The number of rotatable bonds is 2. The Hall–Kier alpha value is -2.23. The maximum atomic E-state index is 11.5. The number of amides is 1. The molecule has 1 heterocycles. The molecule has 4 heteroatoms. The van der Waals surface area contributed by atoms with Gasteiger partial charge in [-0.2, -0.15) is 5.10 Å². The first-order valence-electron chi connectivity index (χ1n) is 5.86. The van der Waals surface area contributed by atoms with Gasteiger partial charge in [0.25, 0.3) is 0 Å². The van der Waals surface area contributed by atoms with Crippen LogP contribution < -0.4 is 5.36 Å². The molecule has 0 radical (unpaired) electrons. The molecule has 92 valence electrons. The Bertz CT molecular complexity index is 579. The van der Waals surface area contributed by atoms with Crippen LogP contribution in [0.4, 0.5) is 0 Å². The maximum absolute atomic E-state index is 11.5. The van der Waals surface area contributed by atoms with Crippen molar-refractivity contribution in [2.75, 3.05) is 0 Å². The first kappa shape index (κ1) is 12.2. The summed E-state index contributed by atoms with van der Waals surface area (Å²) in [6, 6.07) is 11.6. The summed E-state index contributed by atoms with van der Waals surface area (Å²) in [5.74, 6) is -0.222. The van der Waals surface area contributed by atoms with E-state index in [-0.39, 0.29) is 11.8 Å². The molecule has 0 aliphatic heterocycles. The number of hydrogen-bond acceptors (Lipinski definition) is 2. The standard InChI is InChI=1S/C14H15N3O/c1-11(2)14(18)16-12-8-9-17(15-10-12)13-6-4-3-5-7-13/h3-11H,1-2H3/b16-12+. The molecule has 2 aromatic rings. The Balaban J connectivity index is 2.29. The zero-order chi connectivity index (χ0) is 13.0. The molecule has 0 saturated carbocycles. The van der Waals surface area contributed by atoms with Crippen molar-refractivity contribution < 1.29 is 4.79 Å². The number of carbonyl (C=O) groups is 1. The van der Waals surface area contributed by atoms with Crippen LogP contribution in [0.5, 0.6) is 0 Å². The highest BCUT2D eigenvalue weighted by atomic mass is 16.1. The van der Waals surface area contributed by atoms with E-state index in [1.807, 2.05) is 44.2 Å². The van der Waals surface area contributed by atoms with Gasteiger partial charge in [0.2, 0.25) is 5.91 Å². The van der Waals surface area contributed by atoms with Gasteiger partial charge in [0.05, 0.1) is 17.2 Å². The molecule has 0 unspecified atom stereocenters. The molecule has 1 aromatic carbocycles. The Morgan fingerprint density at radius 3 is 2.50 bits per heavy atom. The quantitative estimate of drug-likeness (QED) is 0.806. The second-order valence-corrected chi connectivity index (χ2v) is 4.27. The van der Waals surface area contributed by atoms with E-state index in [0.717, 1.165) is 5.69 Å². The van der Waals surface area contributed by atoms with Gasteiger partial charge < -0.3 is 0 Å². The number of nitrogens with zero attached hydrogens (tertiary/aromatic N) is 3. The topological polar surface area (TPSA) is 47.2 Å². The monoisotopic (exact) mass is 241 g/mol. The smallest absolute Gasteiger partial charge is 0.248 e. The number of aromatic nitrogens is 2. The van der Waals surface area contributed by atoms with Crippen LogP contribution in [-0.2, 0) is 4.79 Å². The molecule has 1 amide bonds. The van der Waals surface area contributed by atoms with Crippen molar-refractivity contribution in [2.45, 2.75) is 13.8 Å². The molecule has 18 heavy (non-hydrogen) atoms. The highest BCUT2D eigenvalue weighted by Crippen LogP contribution is 2.02. The molecular formula is C14H15N3O. The minimum absolute atomic E-state index is 0.0912. The van der Waals surface area contributed by atoms with Crippen LogP contribution in [0.3, 0.4) is 0 Å². The van der Waals surface area contributed by atoms with Gasteiger partial charge in [-0.1, -0.05) is 32.0 Å². The molecule has 0 fully saturated rings. The van der Waals surface area contributed by atoms with E-state index in [4.69, 9.17) is 0 Å². The predicted octanol–water partition coefficient (Wildman–Crippen LogP) is 1.96. The summed E-state index contributed by atoms with van der Waals surface area (Å²) in [5, 5.41) is 4.82. The molecule has 0 saturated heterocycles. The molecule has 2 rings (SSSR count). The third-order valence-electron chi connectivity index (χ3n) is 2.45. The number of para-hydroxylation sites is 1. The van der Waals surface area contributed by atoms with Gasteiger partial charge in [-0.3, -0.25) is 4.79 Å². The van der Waals surface area contributed by atoms with Gasteiger partial charge in [0, 0.05) is 12.1 Å². The van der Waals surface area contributed by atoms with E-state index < -0.39 is 0 Å². The van der Waals surface area contributed by atoms with E-state index in [1.165, 1.54) is 0 Å². The summed E-state index contributed by atoms with van der Waals surface area (Å²) < 4.78 is 1.73. The SMILES string of the molecule is CC(C)C(=O)/N=c1\ccn(-c2ccccc2)nc1. The summed E-state index contributed by atoms with van der Waals surface area (Å²) in [6.07, 6.45) is 3.38. The minimum atomic E-state index is -0.130. The van der Waals surface area contributed by atoms with Gasteiger partial charge in [-0.25, -0.2) is 9.67 Å². The summed E-state index contributed by atoms with van der Waals surface area (Å²) in [4.78, 5) is 15.4. The third-order valence-corrected chi connectivity index (χ3v) is 2.45. The number of carbonyl (C=O) groups excluding carboxylic acids is 1. The van der Waals surface area contributed by atoms with Gasteiger partial charge in [-0.05, 0) is 18.2 Å². The molecule has 0 bridgehead atoms. The second kappa shape index (κ2) is 5.40. The molecule has 0 aliphatic carbocycles. The van der Waals surface area contributed by atoms with Crippen molar-refractivity contribution in [3.63, 3.8) is 0 Å². The van der Waals surface area contributed by atoms with E-state index >= 15 is 0 Å². The van der Waals surface area contributed by atoms with Crippen LogP contribution in [0.15, 0.2) is 53.8 Å². The van der Waals surface area contributed by atoms with Crippen molar-refractivity contribution in [3.05, 3.63) is 54.1 Å². The molecule has 4 nitrogen and oxygen atoms in total. The van der Waals surface area contributed by atoms with Crippen LogP contribution in [0.2, 0.25) is 0 Å². The van der Waals surface area contributed by atoms with Crippen molar-refractivity contribution >= 4 is 5.91 Å². The Labute approximate surface area is 106 Å². The van der Waals surface area contributed by atoms with E-state index in [1.54, 1.807) is 23.1 Å². The summed E-state index contributed by atoms with van der Waals surface area (Å²) in [6.45, 7) is 3.65. The second-order valence-electron chi connectivity index (χ2n) is 4.27. The van der Waals surface area contributed by atoms with Crippen molar-refractivity contribution in [1.82, 2.24) is 9.78 Å². The van der Waals surface area contributed by atoms with Gasteiger partial charge in [-0.15, -0.1) is 0 Å². The van der Waals surface area contributed by atoms with Crippen LogP contribution in [0.1, 0.15) is 13.8 Å². The lowest BCUT2D eigenvalue weighted by Crippen LogP contribution is -2.13. The molecule has 0 atom stereocenters. The lowest BCUT2D eigenvalue weighted by molar-refractivity contribution is -0.120. The fraction of sp³-hybridized carbons (Fsp3) is 0.214. The third kappa shape index (κ3) is 2.91. The van der Waals surface area contributed by atoms with Gasteiger partial charge in [0.1, 0.15) is 0 Å². The van der Waals surface area contributed by atoms with E-state index in [2.05, 4.69) is 10.1 Å². The lowest BCUT2D eigenvalue weighted by Gasteiger charge is -2.03. The van der Waals surface area contributed by atoms with Gasteiger partial charge in [0.15, 0.2) is 0 Å². The van der Waals surface area contributed by atoms with Crippen molar-refractivity contribution in [3.8, 4) is 5.69 Å². The van der Waals surface area contributed by atoms with Crippen LogP contribution in [0.25, 0.3) is 5.69 Å². The molecular weight excluding hydrogens is 226 g/mol. The molecule has 0 N–H and O–H groups in total. The number of hydrogen-bond donors (Lipinski definition) is 0. The maximum Gasteiger partial charge on any atom is 0.248 e. The first-order valence-corrected chi connectivity index (χ1v) is 5.86.